The zero-order chi connectivity index (χ0) is 27.4. The standard InChI is InChI=1S/C29H32F4N4O2/c30-25-10-9-22(16-24(25)29(31,32)33)26-18-36(27(35-26)21-11-13-34-14-12-21)17-23-8-4-5-15-37(23)28(38)39-19-20-6-2-1-3-7-20/h1-3,6-7,9-10,16,18,21,23,34H,4-5,8,11-15,17,19H2. The number of likely N-dealkylation sites (tertiary alicyclic amines) is 1. The monoisotopic (exact) mass is 544 g/mol. The predicted molar refractivity (Wildman–Crippen MR) is 138 cm³/mol. The highest BCUT2D eigenvalue weighted by Crippen LogP contribution is 2.35. The topological polar surface area (TPSA) is 59.4 Å². The summed E-state index contributed by atoms with van der Waals surface area (Å²) in [6, 6.07) is 12.4. The second-order valence-corrected chi connectivity index (χ2v) is 10.2. The zero-order valence-electron chi connectivity index (χ0n) is 21.6. The van der Waals surface area contributed by atoms with E-state index >= 15 is 0 Å². The highest BCUT2D eigenvalue weighted by molar-refractivity contribution is 5.68. The molecule has 1 N–H and O–H groups in total. The molecule has 3 heterocycles. The molecule has 1 atom stereocenters. The SMILES string of the molecule is O=C(OCc1ccccc1)N1CCCCC1Cn1cc(-c2ccc(F)c(C(F)(F)F)c2)nc1C1CCNCC1. The second-order valence-electron chi connectivity index (χ2n) is 10.2. The molecule has 208 valence electrons. The van der Waals surface area contributed by atoms with Crippen molar-refractivity contribution in [2.75, 3.05) is 19.6 Å². The maximum Gasteiger partial charge on any atom is 0.419 e. The number of aromatic nitrogens is 2. The molecule has 6 nitrogen and oxygen atoms in total. The molecular formula is C29H32F4N4O2. The highest BCUT2D eigenvalue weighted by Gasteiger charge is 2.35. The van der Waals surface area contributed by atoms with Crippen LogP contribution in [0.4, 0.5) is 22.4 Å². The van der Waals surface area contributed by atoms with Crippen molar-refractivity contribution in [3.05, 3.63) is 77.5 Å². The molecule has 2 aliphatic rings. The van der Waals surface area contributed by atoms with Crippen molar-refractivity contribution in [1.29, 1.82) is 0 Å². The van der Waals surface area contributed by atoms with Gasteiger partial charge in [0.1, 0.15) is 18.2 Å². The highest BCUT2D eigenvalue weighted by atomic mass is 19.4. The van der Waals surface area contributed by atoms with Crippen LogP contribution in [0.5, 0.6) is 0 Å². The van der Waals surface area contributed by atoms with Gasteiger partial charge in [0.25, 0.3) is 0 Å². The second kappa shape index (κ2) is 11.8. The van der Waals surface area contributed by atoms with Gasteiger partial charge < -0.3 is 19.5 Å². The van der Waals surface area contributed by atoms with Crippen molar-refractivity contribution >= 4 is 6.09 Å². The zero-order valence-corrected chi connectivity index (χ0v) is 21.6. The molecule has 1 aromatic heterocycles. The Hall–Kier alpha value is -3.40. The van der Waals surface area contributed by atoms with E-state index < -0.39 is 17.6 Å². The van der Waals surface area contributed by atoms with E-state index in [1.54, 1.807) is 11.1 Å². The molecule has 0 spiro atoms. The van der Waals surface area contributed by atoms with Crippen LogP contribution in [0.2, 0.25) is 0 Å². The Balaban J connectivity index is 1.41. The normalized spacial score (nSPS) is 18.8. The lowest BCUT2D eigenvalue weighted by Gasteiger charge is -2.35. The van der Waals surface area contributed by atoms with Crippen molar-refractivity contribution in [3.8, 4) is 11.3 Å². The first kappa shape index (κ1) is 27.2. The summed E-state index contributed by atoms with van der Waals surface area (Å²) < 4.78 is 61.8. The molecule has 2 fully saturated rings. The fourth-order valence-electron chi connectivity index (χ4n) is 5.48. The van der Waals surface area contributed by atoms with Gasteiger partial charge in [-0.15, -0.1) is 0 Å². The molecule has 2 saturated heterocycles. The van der Waals surface area contributed by atoms with Gasteiger partial charge in [-0.1, -0.05) is 30.3 Å². The summed E-state index contributed by atoms with van der Waals surface area (Å²) in [5, 5.41) is 3.33. The minimum atomic E-state index is -4.80. The Labute approximate surface area is 225 Å². The molecule has 0 radical (unpaired) electrons. The number of nitrogens with zero attached hydrogens (tertiary/aromatic N) is 3. The smallest absolute Gasteiger partial charge is 0.419 e. The number of alkyl halides is 3. The fraction of sp³-hybridized carbons (Fsp3) is 0.448. The Morgan fingerprint density at radius 2 is 1.82 bits per heavy atom. The van der Waals surface area contributed by atoms with Crippen molar-refractivity contribution in [3.63, 3.8) is 0 Å². The Bertz CT molecular complexity index is 1270. The lowest BCUT2D eigenvalue weighted by Crippen LogP contribution is -2.46. The number of benzene rings is 2. The van der Waals surface area contributed by atoms with E-state index in [1.807, 2.05) is 34.9 Å². The summed E-state index contributed by atoms with van der Waals surface area (Å²) in [6.45, 7) is 2.87. The van der Waals surface area contributed by atoms with Crippen LogP contribution in [0.25, 0.3) is 11.3 Å². The average Bonchev–Trinajstić information content (AvgIpc) is 3.36. The summed E-state index contributed by atoms with van der Waals surface area (Å²) in [6.07, 6.45) is 0.890. The van der Waals surface area contributed by atoms with Gasteiger partial charge in [-0.05, 0) is 69.0 Å². The quantitative estimate of drug-likeness (QED) is 0.367. The van der Waals surface area contributed by atoms with Gasteiger partial charge in [-0.3, -0.25) is 0 Å². The molecule has 2 aromatic carbocycles. The number of rotatable bonds is 6. The summed E-state index contributed by atoms with van der Waals surface area (Å²) in [5.74, 6) is -0.395. The number of piperidine rings is 2. The van der Waals surface area contributed by atoms with Crippen LogP contribution in [0.3, 0.4) is 0 Å². The summed E-state index contributed by atoms with van der Waals surface area (Å²) in [7, 11) is 0. The van der Waals surface area contributed by atoms with Gasteiger partial charge in [0.05, 0.1) is 17.3 Å². The molecule has 2 aliphatic heterocycles. The molecule has 0 aliphatic carbocycles. The number of ether oxygens (including phenoxy) is 1. The molecular weight excluding hydrogens is 512 g/mol. The first-order chi connectivity index (χ1) is 18.8. The Morgan fingerprint density at radius 1 is 1.05 bits per heavy atom. The maximum atomic E-state index is 14.0. The van der Waals surface area contributed by atoms with Gasteiger partial charge in [0.15, 0.2) is 0 Å². The number of imidazole rings is 1. The van der Waals surface area contributed by atoms with Crippen molar-refractivity contribution in [1.82, 2.24) is 19.8 Å². The molecule has 10 heteroatoms. The van der Waals surface area contributed by atoms with E-state index in [-0.39, 0.29) is 30.2 Å². The number of carbonyl (C=O) groups is 1. The van der Waals surface area contributed by atoms with Crippen molar-refractivity contribution < 1.29 is 27.1 Å². The van der Waals surface area contributed by atoms with Gasteiger partial charge in [-0.2, -0.15) is 13.2 Å². The number of hydrogen-bond donors (Lipinski definition) is 1. The Kier molecular flexibility index (Phi) is 8.20. The van der Waals surface area contributed by atoms with Crippen LogP contribution in [-0.4, -0.2) is 46.2 Å². The largest absolute Gasteiger partial charge is 0.445 e. The fourth-order valence-corrected chi connectivity index (χ4v) is 5.48. The number of halogens is 4. The molecule has 0 saturated carbocycles. The molecule has 0 bridgehead atoms. The van der Waals surface area contributed by atoms with E-state index in [0.29, 0.717) is 18.8 Å². The maximum absolute atomic E-state index is 14.0. The lowest BCUT2D eigenvalue weighted by atomic mass is 9.96. The number of nitrogens with one attached hydrogen (secondary N) is 1. The van der Waals surface area contributed by atoms with Gasteiger partial charge in [0.2, 0.25) is 0 Å². The van der Waals surface area contributed by atoms with Gasteiger partial charge in [0, 0.05) is 30.8 Å². The van der Waals surface area contributed by atoms with Crippen LogP contribution in [-0.2, 0) is 24.1 Å². The average molecular weight is 545 g/mol. The summed E-state index contributed by atoms with van der Waals surface area (Å²) in [5.41, 5.74) is 0.172. The summed E-state index contributed by atoms with van der Waals surface area (Å²) in [4.78, 5) is 19.6. The van der Waals surface area contributed by atoms with E-state index in [0.717, 1.165) is 68.7 Å². The number of amides is 1. The van der Waals surface area contributed by atoms with Crippen LogP contribution >= 0.6 is 0 Å². The third kappa shape index (κ3) is 6.43. The number of hydrogen-bond acceptors (Lipinski definition) is 4. The third-order valence-corrected chi connectivity index (χ3v) is 7.55. The predicted octanol–water partition coefficient (Wildman–Crippen LogP) is 6.37. The van der Waals surface area contributed by atoms with Gasteiger partial charge >= 0.3 is 12.3 Å². The molecule has 3 aromatic rings. The van der Waals surface area contributed by atoms with E-state index in [1.165, 1.54) is 6.07 Å². The lowest BCUT2D eigenvalue weighted by molar-refractivity contribution is -0.139. The first-order valence-corrected chi connectivity index (χ1v) is 13.4. The van der Waals surface area contributed by atoms with Crippen LogP contribution < -0.4 is 5.32 Å². The van der Waals surface area contributed by atoms with Crippen LogP contribution in [0, 0.1) is 5.82 Å². The van der Waals surface area contributed by atoms with Gasteiger partial charge in [-0.25, -0.2) is 14.2 Å². The first-order valence-electron chi connectivity index (χ1n) is 13.4. The summed E-state index contributed by atoms with van der Waals surface area (Å²) >= 11 is 0. The van der Waals surface area contributed by atoms with Crippen molar-refractivity contribution in [2.45, 2.75) is 63.4 Å². The van der Waals surface area contributed by atoms with E-state index in [9.17, 15) is 22.4 Å². The minimum Gasteiger partial charge on any atom is -0.445 e. The van der Waals surface area contributed by atoms with E-state index in [2.05, 4.69) is 5.32 Å². The Morgan fingerprint density at radius 3 is 2.56 bits per heavy atom. The minimum absolute atomic E-state index is 0.129. The van der Waals surface area contributed by atoms with Crippen LogP contribution in [0.15, 0.2) is 54.7 Å². The van der Waals surface area contributed by atoms with Crippen molar-refractivity contribution in [2.24, 2.45) is 0 Å². The number of carbonyl (C=O) groups excluding carboxylic acids is 1. The van der Waals surface area contributed by atoms with E-state index in [4.69, 9.17) is 9.72 Å². The molecule has 1 amide bonds. The molecule has 39 heavy (non-hydrogen) atoms. The molecule has 1 unspecified atom stereocenters. The van der Waals surface area contributed by atoms with Crippen LogP contribution in [0.1, 0.15) is 55.0 Å². The molecule has 5 rings (SSSR count). The third-order valence-electron chi connectivity index (χ3n) is 7.55.